The molecule has 8 aromatic rings. The SMILES string of the molecule is Cc1cc2nc(-c3ccc4c(-c5ccccc5)c(-c5nc6cc(C)c(C)cc6s5)ccc4c3-c3ccccc3)oc2cc1C. The lowest BCUT2D eigenvalue weighted by molar-refractivity contribution is 0.620. The molecule has 2 aromatic heterocycles. The average molecular weight is 587 g/mol. The summed E-state index contributed by atoms with van der Waals surface area (Å²) in [6.07, 6.45) is 0. The van der Waals surface area contributed by atoms with Crippen molar-refractivity contribution in [3.63, 3.8) is 0 Å². The Hall–Kier alpha value is -5.06. The monoisotopic (exact) mass is 586 g/mol. The second-order valence-corrected chi connectivity index (χ2v) is 12.7. The van der Waals surface area contributed by atoms with Crippen LogP contribution in [0.5, 0.6) is 0 Å². The fourth-order valence-electron chi connectivity index (χ4n) is 6.18. The van der Waals surface area contributed by atoms with Crippen LogP contribution in [-0.4, -0.2) is 9.97 Å². The van der Waals surface area contributed by atoms with Crippen LogP contribution in [0.3, 0.4) is 0 Å². The summed E-state index contributed by atoms with van der Waals surface area (Å²) in [5.41, 5.74) is 14.4. The third-order valence-electron chi connectivity index (χ3n) is 8.79. The second-order valence-electron chi connectivity index (χ2n) is 11.6. The number of nitrogens with zero attached hydrogens (tertiary/aromatic N) is 2. The van der Waals surface area contributed by atoms with E-state index < -0.39 is 0 Å². The van der Waals surface area contributed by atoms with Crippen LogP contribution in [0, 0.1) is 27.7 Å². The number of hydrogen-bond donors (Lipinski definition) is 0. The maximum absolute atomic E-state index is 6.44. The fraction of sp³-hybridized carbons (Fsp3) is 0.100. The molecular formula is C40H30N2OS. The third kappa shape index (κ3) is 4.33. The molecule has 3 nitrogen and oxygen atoms in total. The standard InChI is InChI=1S/C40H30N2OS/c1-23-19-33-35(21-25(23)3)43-39(41-33)31-17-15-30-29(37(31)27-11-7-5-8-12-27)16-18-32(38(30)28-13-9-6-10-14-28)40-42-34-20-24(2)26(4)22-36(34)44-40/h5-22H,1-4H3. The molecule has 0 aliphatic carbocycles. The minimum absolute atomic E-state index is 0.632. The van der Waals surface area contributed by atoms with E-state index in [0.717, 1.165) is 49.3 Å². The first-order valence-corrected chi connectivity index (χ1v) is 15.7. The molecule has 0 saturated carbocycles. The molecule has 0 atom stereocenters. The predicted molar refractivity (Wildman–Crippen MR) is 185 cm³/mol. The van der Waals surface area contributed by atoms with Crippen molar-refractivity contribution in [2.75, 3.05) is 0 Å². The molecule has 0 aliphatic rings. The average Bonchev–Trinajstić information content (AvgIpc) is 3.64. The molecule has 0 fully saturated rings. The van der Waals surface area contributed by atoms with Crippen molar-refractivity contribution in [1.82, 2.24) is 9.97 Å². The second kappa shape index (κ2) is 10.3. The van der Waals surface area contributed by atoms with E-state index in [2.05, 4.69) is 137 Å². The van der Waals surface area contributed by atoms with Crippen LogP contribution in [0.25, 0.3) is 76.4 Å². The zero-order valence-corrected chi connectivity index (χ0v) is 25.9. The molecule has 0 unspecified atom stereocenters. The number of benzene rings is 6. The summed E-state index contributed by atoms with van der Waals surface area (Å²) in [6, 6.07) is 38.8. The summed E-state index contributed by atoms with van der Waals surface area (Å²) in [7, 11) is 0. The molecule has 6 aromatic carbocycles. The maximum atomic E-state index is 6.44. The summed E-state index contributed by atoms with van der Waals surface area (Å²) in [5, 5.41) is 3.35. The fourth-order valence-corrected chi connectivity index (χ4v) is 7.26. The van der Waals surface area contributed by atoms with Crippen molar-refractivity contribution >= 4 is 43.4 Å². The van der Waals surface area contributed by atoms with Crippen molar-refractivity contribution in [2.45, 2.75) is 27.7 Å². The van der Waals surface area contributed by atoms with Gasteiger partial charge < -0.3 is 4.42 Å². The highest BCUT2D eigenvalue weighted by atomic mass is 32.1. The van der Waals surface area contributed by atoms with Crippen LogP contribution in [0.4, 0.5) is 0 Å². The van der Waals surface area contributed by atoms with Crippen LogP contribution in [-0.2, 0) is 0 Å². The predicted octanol–water partition coefficient (Wildman–Crippen LogP) is 11.5. The van der Waals surface area contributed by atoms with Gasteiger partial charge in [-0.2, -0.15) is 0 Å². The Morgan fingerprint density at radius 2 is 1.07 bits per heavy atom. The minimum atomic E-state index is 0.632. The van der Waals surface area contributed by atoms with Crippen molar-refractivity contribution in [1.29, 1.82) is 0 Å². The van der Waals surface area contributed by atoms with Gasteiger partial charge in [-0.1, -0.05) is 78.9 Å². The molecule has 0 N–H and O–H groups in total. The van der Waals surface area contributed by atoms with Gasteiger partial charge in [-0.25, -0.2) is 9.97 Å². The van der Waals surface area contributed by atoms with Gasteiger partial charge in [0.1, 0.15) is 10.5 Å². The van der Waals surface area contributed by atoms with Gasteiger partial charge in [-0.15, -0.1) is 11.3 Å². The highest BCUT2D eigenvalue weighted by molar-refractivity contribution is 7.21. The Balaban J connectivity index is 1.44. The molecule has 4 heteroatoms. The van der Waals surface area contributed by atoms with E-state index in [1.807, 2.05) is 0 Å². The molecule has 0 aliphatic heterocycles. The zero-order valence-electron chi connectivity index (χ0n) is 25.1. The summed E-state index contributed by atoms with van der Waals surface area (Å²) in [6.45, 7) is 8.55. The first-order valence-electron chi connectivity index (χ1n) is 14.9. The lowest BCUT2D eigenvalue weighted by atomic mass is 9.87. The van der Waals surface area contributed by atoms with Gasteiger partial charge in [0.05, 0.1) is 10.2 Å². The smallest absolute Gasteiger partial charge is 0.227 e. The van der Waals surface area contributed by atoms with E-state index in [1.54, 1.807) is 11.3 Å². The van der Waals surface area contributed by atoms with Crippen LogP contribution in [0.15, 0.2) is 114 Å². The molecule has 8 rings (SSSR count). The molecule has 0 amide bonds. The Kier molecular flexibility index (Phi) is 6.21. The number of rotatable bonds is 4. The molecule has 0 spiro atoms. The number of aryl methyl sites for hydroxylation is 4. The van der Waals surface area contributed by atoms with Crippen LogP contribution in [0.2, 0.25) is 0 Å². The first kappa shape index (κ1) is 26.6. The number of thiazole rings is 1. The van der Waals surface area contributed by atoms with Crippen molar-refractivity contribution in [2.24, 2.45) is 0 Å². The van der Waals surface area contributed by atoms with Crippen LogP contribution < -0.4 is 0 Å². The highest BCUT2D eigenvalue weighted by Gasteiger charge is 2.22. The van der Waals surface area contributed by atoms with Crippen molar-refractivity contribution in [3.8, 4) is 44.3 Å². The number of hydrogen-bond acceptors (Lipinski definition) is 4. The van der Waals surface area contributed by atoms with E-state index >= 15 is 0 Å². The highest BCUT2D eigenvalue weighted by Crippen LogP contribution is 2.46. The quantitative estimate of drug-likeness (QED) is 0.206. The molecule has 44 heavy (non-hydrogen) atoms. The van der Waals surface area contributed by atoms with Crippen molar-refractivity contribution in [3.05, 3.63) is 131 Å². The first-order chi connectivity index (χ1) is 21.4. The van der Waals surface area contributed by atoms with E-state index in [4.69, 9.17) is 14.4 Å². The largest absolute Gasteiger partial charge is 0.436 e. The Morgan fingerprint density at radius 3 is 1.73 bits per heavy atom. The van der Waals surface area contributed by atoms with Crippen LogP contribution >= 0.6 is 11.3 Å². The third-order valence-corrected chi connectivity index (χ3v) is 9.85. The van der Waals surface area contributed by atoms with Gasteiger partial charge >= 0.3 is 0 Å². The summed E-state index contributed by atoms with van der Waals surface area (Å²) in [5.74, 6) is 0.632. The number of oxazole rings is 1. The van der Waals surface area contributed by atoms with Gasteiger partial charge in [0, 0.05) is 16.7 Å². The van der Waals surface area contributed by atoms with Crippen molar-refractivity contribution < 1.29 is 4.42 Å². The Bertz CT molecular complexity index is 2120. The molecule has 212 valence electrons. The normalized spacial score (nSPS) is 11.6. The van der Waals surface area contributed by atoms with Gasteiger partial charge in [-0.05, 0) is 108 Å². The maximum Gasteiger partial charge on any atom is 0.227 e. The van der Waals surface area contributed by atoms with Gasteiger partial charge in [0.25, 0.3) is 0 Å². The zero-order chi connectivity index (χ0) is 29.9. The molecule has 2 heterocycles. The Morgan fingerprint density at radius 1 is 0.523 bits per heavy atom. The van der Waals surface area contributed by atoms with Gasteiger partial charge in [-0.3, -0.25) is 0 Å². The number of aromatic nitrogens is 2. The summed E-state index contributed by atoms with van der Waals surface area (Å²) < 4.78 is 7.65. The van der Waals surface area contributed by atoms with E-state index in [1.165, 1.54) is 43.5 Å². The van der Waals surface area contributed by atoms with E-state index in [-0.39, 0.29) is 0 Å². The van der Waals surface area contributed by atoms with Gasteiger partial charge in [0.2, 0.25) is 5.89 Å². The lowest BCUT2D eigenvalue weighted by Crippen LogP contribution is -1.92. The van der Waals surface area contributed by atoms with E-state index in [0.29, 0.717) is 5.89 Å². The summed E-state index contributed by atoms with van der Waals surface area (Å²) in [4.78, 5) is 10.1. The molecule has 0 bridgehead atoms. The minimum Gasteiger partial charge on any atom is -0.436 e. The van der Waals surface area contributed by atoms with Crippen LogP contribution in [0.1, 0.15) is 22.3 Å². The van der Waals surface area contributed by atoms with E-state index in [9.17, 15) is 0 Å². The molecule has 0 radical (unpaired) electrons. The molecular weight excluding hydrogens is 557 g/mol. The topological polar surface area (TPSA) is 38.9 Å². The van der Waals surface area contributed by atoms with Gasteiger partial charge in [0.15, 0.2) is 5.58 Å². The Labute approximate surface area is 260 Å². The lowest BCUT2D eigenvalue weighted by Gasteiger charge is -2.17. The summed E-state index contributed by atoms with van der Waals surface area (Å²) >= 11 is 1.76. The number of fused-ring (bicyclic) bond motifs is 3. The molecule has 0 saturated heterocycles.